The Hall–Kier alpha value is -1.39. The number of benzene rings is 2. The predicted molar refractivity (Wildman–Crippen MR) is 81.1 cm³/mol. The average Bonchev–Trinajstić information content (AvgIpc) is 2.47. The summed E-state index contributed by atoms with van der Waals surface area (Å²) >= 11 is 0. The van der Waals surface area contributed by atoms with E-state index in [1.165, 1.54) is 6.42 Å². The highest BCUT2D eigenvalue weighted by atomic mass is 32.2. The van der Waals surface area contributed by atoms with Gasteiger partial charge in [-0.1, -0.05) is 49.6 Å². The number of hydrogen-bond donors (Lipinski definition) is 1. The molecule has 0 aromatic heterocycles. The van der Waals surface area contributed by atoms with Crippen molar-refractivity contribution < 1.29 is 8.42 Å². The first-order valence-corrected chi connectivity index (χ1v) is 8.65. The normalized spacial score (nSPS) is 17.4. The van der Waals surface area contributed by atoms with Gasteiger partial charge in [0.25, 0.3) is 0 Å². The minimum atomic E-state index is -3.40. The maximum absolute atomic E-state index is 12.4. The highest BCUT2D eigenvalue weighted by Gasteiger charge is 2.21. The van der Waals surface area contributed by atoms with E-state index in [2.05, 4.69) is 4.72 Å². The van der Waals surface area contributed by atoms with Gasteiger partial charge in [0.15, 0.2) is 0 Å². The minimum Gasteiger partial charge on any atom is -0.208 e. The number of sulfonamides is 1. The lowest BCUT2D eigenvalue weighted by Crippen LogP contribution is -2.36. The van der Waals surface area contributed by atoms with Crippen LogP contribution >= 0.6 is 0 Å². The van der Waals surface area contributed by atoms with Crippen molar-refractivity contribution in [3.63, 3.8) is 0 Å². The maximum Gasteiger partial charge on any atom is 0.240 e. The molecule has 2 aromatic carbocycles. The Morgan fingerprint density at radius 3 is 2.35 bits per heavy atom. The molecule has 3 rings (SSSR count). The molecule has 0 atom stereocenters. The summed E-state index contributed by atoms with van der Waals surface area (Å²) in [6.07, 6.45) is 5.35. The van der Waals surface area contributed by atoms with Crippen molar-refractivity contribution in [1.29, 1.82) is 0 Å². The third-order valence-electron chi connectivity index (χ3n) is 3.96. The van der Waals surface area contributed by atoms with Crippen LogP contribution in [0.25, 0.3) is 10.8 Å². The Balaban J connectivity index is 1.88. The average molecular weight is 289 g/mol. The van der Waals surface area contributed by atoms with E-state index in [4.69, 9.17) is 0 Å². The van der Waals surface area contributed by atoms with E-state index in [0.717, 1.165) is 36.5 Å². The maximum atomic E-state index is 12.4. The molecule has 0 unspecified atom stereocenters. The molecule has 3 nitrogen and oxygen atoms in total. The second kappa shape index (κ2) is 5.54. The van der Waals surface area contributed by atoms with Crippen LogP contribution in [-0.2, 0) is 10.0 Å². The smallest absolute Gasteiger partial charge is 0.208 e. The molecule has 106 valence electrons. The highest BCUT2D eigenvalue weighted by molar-refractivity contribution is 7.89. The standard InChI is InChI=1S/C16H19NO2S/c18-20(19,17-15-8-2-1-3-9-15)16-11-10-13-6-4-5-7-14(13)12-16/h4-7,10-12,15,17H,1-3,8-9H2. The van der Waals surface area contributed by atoms with Crippen LogP contribution in [0.1, 0.15) is 32.1 Å². The van der Waals surface area contributed by atoms with Gasteiger partial charge in [0.05, 0.1) is 4.90 Å². The Kier molecular flexibility index (Phi) is 3.76. The molecule has 2 aromatic rings. The van der Waals surface area contributed by atoms with E-state index in [0.29, 0.717) is 4.90 Å². The first-order valence-electron chi connectivity index (χ1n) is 7.16. The third kappa shape index (κ3) is 2.86. The van der Waals surface area contributed by atoms with Gasteiger partial charge in [0, 0.05) is 6.04 Å². The van der Waals surface area contributed by atoms with Gasteiger partial charge < -0.3 is 0 Å². The van der Waals surface area contributed by atoms with Crippen LogP contribution in [0.3, 0.4) is 0 Å². The summed E-state index contributed by atoms with van der Waals surface area (Å²) in [4.78, 5) is 0.363. The van der Waals surface area contributed by atoms with E-state index in [9.17, 15) is 8.42 Å². The molecule has 1 fully saturated rings. The zero-order valence-corrected chi connectivity index (χ0v) is 12.2. The quantitative estimate of drug-likeness (QED) is 0.940. The van der Waals surface area contributed by atoms with Gasteiger partial charge in [-0.15, -0.1) is 0 Å². The summed E-state index contributed by atoms with van der Waals surface area (Å²) in [5, 5.41) is 2.02. The first-order chi connectivity index (χ1) is 9.65. The molecule has 0 heterocycles. The topological polar surface area (TPSA) is 46.2 Å². The largest absolute Gasteiger partial charge is 0.240 e. The van der Waals surface area contributed by atoms with Crippen molar-refractivity contribution in [3.05, 3.63) is 42.5 Å². The lowest BCUT2D eigenvalue weighted by molar-refractivity contribution is 0.412. The fourth-order valence-corrected chi connectivity index (χ4v) is 4.18. The summed E-state index contributed by atoms with van der Waals surface area (Å²) in [6, 6.07) is 13.2. The Morgan fingerprint density at radius 1 is 0.900 bits per heavy atom. The van der Waals surface area contributed by atoms with Gasteiger partial charge in [0.1, 0.15) is 0 Å². The molecule has 0 aliphatic heterocycles. The number of hydrogen-bond acceptors (Lipinski definition) is 2. The number of rotatable bonds is 3. The lowest BCUT2D eigenvalue weighted by atomic mass is 9.96. The fraction of sp³-hybridized carbons (Fsp3) is 0.375. The zero-order chi connectivity index (χ0) is 14.0. The molecule has 0 spiro atoms. The van der Waals surface area contributed by atoms with Gasteiger partial charge in [-0.2, -0.15) is 0 Å². The van der Waals surface area contributed by atoms with Crippen molar-refractivity contribution in [2.45, 2.75) is 43.0 Å². The van der Waals surface area contributed by atoms with E-state index in [1.807, 2.05) is 30.3 Å². The summed E-state index contributed by atoms with van der Waals surface area (Å²) in [5.41, 5.74) is 0. The summed E-state index contributed by atoms with van der Waals surface area (Å²) in [6.45, 7) is 0. The van der Waals surface area contributed by atoms with Crippen LogP contribution in [0.5, 0.6) is 0 Å². The van der Waals surface area contributed by atoms with E-state index < -0.39 is 10.0 Å². The minimum absolute atomic E-state index is 0.0974. The van der Waals surface area contributed by atoms with E-state index in [1.54, 1.807) is 12.1 Å². The molecule has 0 amide bonds. The molecule has 0 saturated heterocycles. The molecule has 1 saturated carbocycles. The van der Waals surface area contributed by atoms with Crippen molar-refractivity contribution in [1.82, 2.24) is 4.72 Å². The summed E-state index contributed by atoms with van der Waals surface area (Å²) < 4.78 is 27.7. The Bertz CT molecular complexity index is 703. The van der Waals surface area contributed by atoms with Crippen molar-refractivity contribution in [3.8, 4) is 0 Å². The van der Waals surface area contributed by atoms with Crippen LogP contribution in [0.15, 0.2) is 47.4 Å². The van der Waals surface area contributed by atoms with Gasteiger partial charge >= 0.3 is 0 Å². The second-order valence-corrected chi connectivity index (χ2v) is 7.18. The SMILES string of the molecule is O=S(=O)(NC1CCCCC1)c1ccc2ccccc2c1. The van der Waals surface area contributed by atoms with Crippen LogP contribution in [-0.4, -0.2) is 14.5 Å². The third-order valence-corrected chi connectivity index (χ3v) is 5.48. The summed E-state index contributed by atoms with van der Waals surface area (Å²) in [7, 11) is -3.40. The van der Waals surface area contributed by atoms with Crippen molar-refractivity contribution in [2.75, 3.05) is 0 Å². The van der Waals surface area contributed by atoms with Crippen molar-refractivity contribution in [2.24, 2.45) is 0 Å². The van der Waals surface area contributed by atoms with E-state index >= 15 is 0 Å². The number of nitrogens with one attached hydrogen (secondary N) is 1. The second-order valence-electron chi connectivity index (χ2n) is 5.47. The molecule has 1 aliphatic rings. The van der Waals surface area contributed by atoms with Crippen LogP contribution < -0.4 is 4.72 Å². The Morgan fingerprint density at radius 2 is 1.60 bits per heavy atom. The molecule has 0 bridgehead atoms. The highest BCUT2D eigenvalue weighted by Crippen LogP contribution is 2.22. The van der Waals surface area contributed by atoms with Crippen LogP contribution in [0.4, 0.5) is 0 Å². The number of fused-ring (bicyclic) bond motifs is 1. The van der Waals surface area contributed by atoms with Gasteiger partial charge in [-0.3, -0.25) is 0 Å². The van der Waals surface area contributed by atoms with Crippen LogP contribution in [0, 0.1) is 0 Å². The van der Waals surface area contributed by atoms with Gasteiger partial charge in [-0.05, 0) is 35.7 Å². The molecule has 4 heteroatoms. The first kappa shape index (κ1) is 13.6. The monoisotopic (exact) mass is 289 g/mol. The van der Waals surface area contributed by atoms with Gasteiger partial charge in [0.2, 0.25) is 10.0 Å². The fourth-order valence-electron chi connectivity index (χ4n) is 2.84. The molecule has 1 N–H and O–H groups in total. The molecule has 0 radical (unpaired) electrons. The Labute approximate surface area is 120 Å². The van der Waals surface area contributed by atoms with Crippen LogP contribution in [0.2, 0.25) is 0 Å². The molecular weight excluding hydrogens is 270 g/mol. The predicted octanol–water partition coefficient (Wildman–Crippen LogP) is 3.45. The summed E-state index contributed by atoms with van der Waals surface area (Å²) in [5.74, 6) is 0. The molecule has 1 aliphatic carbocycles. The van der Waals surface area contributed by atoms with E-state index in [-0.39, 0.29) is 6.04 Å². The molecule has 20 heavy (non-hydrogen) atoms. The lowest BCUT2D eigenvalue weighted by Gasteiger charge is -2.22. The van der Waals surface area contributed by atoms with Gasteiger partial charge in [-0.25, -0.2) is 13.1 Å². The zero-order valence-electron chi connectivity index (χ0n) is 11.4. The van der Waals surface area contributed by atoms with Crippen molar-refractivity contribution >= 4 is 20.8 Å². The molecular formula is C16H19NO2S.